The van der Waals surface area contributed by atoms with E-state index in [1.165, 1.54) is 7.11 Å². The summed E-state index contributed by atoms with van der Waals surface area (Å²) in [6, 6.07) is 3.25. The fourth-order valence-electron chi connectivity index (χ4n) is 1.33. The van der Waals surface area contributed by atoms with Crippen LogP contribution in [0.3, 0.4) is 0 Å². The van der Waals surface area contributed by atoms with Crippen LogP contribution in [0.15, 0.2) is 12.1 Å². The second-order valence-corrected chi connectivity index (χ2v) is 4.71. The van der Waals surface area contributed by atoms with Gasteiger partial charge < -0.3 is 4.74 Å². The lowest BCUT2D eigenvalue weighted by molar-refractivity contribution is -0.144. The van der Waals surface area contributed by atoms with Crippen LogP contribution in [-0.2, 0) is 16.0 Å². The smallest absolute Gasteiger partial charge is 0.308 e. The van der Waals surface area contributed by atoms with Crippen LogP contribution in [-0.4, -0.2) is 13.1 Å². The minimum absolute atomic E-state index is 0.264. The van der Waals surface area contributed by atoms with Gasteiger partial charge in [-0.25, -0.2) is 0 Å². The molecule has 0 N–H and O–H groups in total. The van der Waals surface area contributed by atoms with Gasteiger partial charge >= 0.3 is 5.97 Å². The number of benzene rings is 1. The van der Waals surface area contributed by atoms with E-state index in [4.69, 9.17) is 34.8 Å². The van der Waals surface area contributed by atoms with Gasteiger partial charge in [0.25, 0.3) is 0 Å². The van der Waals surface area contributed by atoms with Crippen LogP contribution < -0.4 is 0 Å². The van der Waals surface area contributed by atoms with Gasteiger partial charge in [0.15, 0.2) is 0 Å². The summed E-state index contributed by atoms with van der Waals surface area (Å²) >= 11 is 17.7. The lowest BCUT2D eigenvalue weighted by atomic mass is 10.0. The molecule has 2 nitrogen and oxygen atoms in total. The van der Waals surface area contributed by atoms with Crippen molar-refractivity contribution in [2.75, 3.05) is 7.11 Å². The van der Waals surface area contributed by atoms with E-state index in [1.54, 1.807) is 19.1 Å². The highest BCUT2D eigenvalue weighted by Gasteiger charge is 2.16. The first kappa shape index (κ1) is 13.6. The van der Waals surface area contributed by atoms with Gasteiger partial charge in [-0.3, -0.25) is 4.79 Å². The Morgan fingerprint density at radius 2 is 1.81 bits per heavy atom. The molecule has 0 aliphatic rings. The first-order valence-electron chi connectivity index (χ1n) is 4.67. The minimum atomic E-state index is -0.276. The summed E-state index contributed by atoms with van der Waals surface area (Å²) in [6.07, 6.45) is 0.475. The SMILES string of the molecule is COC(=O)C(C)Cc1cc(Cl)c(Cl)cc1Cl. The highest BCUT2D eigenvalue weighted by molar-refractivity contribution is 6.43. The normalized spacial score (nSPS) is 12.3. The maximum absolute atomic E-state index is 11.3. The van der Waals surface area contributed by atoms with E-state index in [0.29, 0.717) is 21.5 Å². The molecule has 0 amide bonds. The minimum Gasteiger partial charge on any atom is -0.469 e. The molecule has 0 aliphatic heterocycles. The standard InChI is InChI=1S/C11H11Cl3O2/c1-6(11(15)16-2)3-7-4-9(13)10(14)5-8(7)12/h4-6H,3H2,1-2H3. The Morgan fingerprint density at radius 3 is 2.38 bits per heavy atom. The molecule has 16 heavy (non-hydrogen) atoms. The third-order valence-electron chi connectivity index (χ3n) is 2.22. The van der Waals surface area contributed by atoms with Gasteiger partial charge in [0, 0.05) is 5.02 Å². The summed E-state index contributed by atoms with van der Waals surface area (Å²) in [6.45, 7) is 1.77. The molecule has 88 valence electrons. The Labute approximate surface area is 109 Å². The topological polar surface area (TPSA) is 26.3 Å². The molecule has 1 unspecified atom stereocenters. The number of ether oxygens (including phenoxy) is 1. The van der Waals surface area contributed by atoms with Gasteiger partial charge in [0.2, 0.25) is 0 Å². The highest BCUT2D eigenvalue weighted by atomic mass is 35.5. The van der Waals surface area contributed by atoms with E-state index in [9.17, 15) is 4.79 Å². The number of rotatable bonds is 3. The van der Waals surface area contributed by atoms with Crippen LogP contribution in [0.1, 0.15) is 12.5 Å². The Morgan fingerprint density at radius 1 is 1.25 bits per heavy atom. The molecular formula is C11H11Cl3O2. The number of methoxy groups -OCH3 is 1. The van der Waals surface area contributed by atoms with Crippen molar-refractivity contribution in [2.45, 2.75) is 13.3 Å². The van der Waals surface area contributed by atoms with Crippen molar-refractivity contribution in [1.82, 2.24) is 0 Å². The van der Waals surface area contributed by atoms with Crippen molar-refractivity contribution in [2.24, 2.45) is 5.92 Å². The lowest BCUT2D eigenvalue weighted by Gasteiger charge is -2.11. The van der Waals surface area contributed by atoms with Crippen molar-refractivity contribution in [3.05, 3.63) is 32.8 Å². The fourth-order valence-corrected chi connectivity index (χ4v) is 1.98. The molecule has 0 saturated carbocycles. The second-order valence-electron chi connectivity index (χ2n) is 3.49. The maximum atomic E-state index is 11.3. The number of carbonyl (C=O) groups excluding carboxylic acids is 1. The Hall–Kier alpha value is -0.440. The summed E-state index contributed by atoms with van der Waals surface area (Å²) in [5, 5.41) is 1.34. The fraction of sp³-hybridized carbons (Fsp3) is 0.364. The molecule has 1 rings (SSSR count). The second kappa shape index (κ2) is 5.76. The number of esters is 1. The molecule has 0 bridgehead atoms. The highest BCUT2D eigenvalue weighted by Crippen LogP contribution is 2.30. The molecule has 0 aliphatic carbocycles. The zero-order valence-corrected chi connectivity index (χ0v) is 11.2. The molecule has 1 atom stereocenters. The first-order chi connectivity index (χ1) is 7.45. The van der Waals surface area contributed by atoms with Crippen molar-refractivity contribution < 1.29 is 9.53 Å². The number of halogens is 3. The van der Waals surface area contributed by atoms with Crippen molar-refractivity contribution in [3.8, 4) is 0 Å². The number of hydrogen-bond donors (Lipinski definition) is 0. The third kappa shape index (κ3) is 3.27. The van der Waals surface area contributed by atoms with Gasteiger partial charge in [0.05, 0.1) is 23.1 Å². The molecule has 1 aromatic carbocycles. The third-order valence-corrected chi connectivity index (χ3v) is 3.29. The summed E-state index contributed by atoms with van der Waals surface area (Å²) in [5.41, 5.74) is 0.786. The first-order valence-corrected chi connectivity index (χ1v) is 5.80. The zero-order valence-electron chi connectivity index (χ0n) is 8.89. The summed E-state index contributed by atoms with van der Waals surface area (Å²) in [4.78, 5) is 11.3. The summed E-state index contributed by atoms with van der Waals surface area (Å²) in [5.74, 6) is -0.540. The van der Waals surface area contributed by atoms with Crippen LogP contribution >= 0.6 is 34.8 Å². The van der Waals surface area contributed by atoms with Crippen molar-refractivity contribution in [3.63, 3.8) is 0 Å². The average molecular weight is 282 g/mol. The molecule has 0 radical (unpaired) electrons. The number of hydrogen-bond acceptors (Lipinski definition) is 2. The van der Waals surface area contributed by atoms with E-state index < -0.39 is 0 Å². The van der Waals surface area contributed by atoms with Gasteiger partial charge in [-0.15, -0.1) is 0 Å². The monoisotopic (exact) mass is 280 g/mol. The Balaban J connectivity index is 2.89. The molecule has 0 fully saturated rings. The van der Waals surface area contributed by atoms with Crippen LogP contribution in [0.2, 0.25) is 15.1 Å². The quantitative estimate of drug-likeness (QED) is 0.618. The molecule has 0 aromatic heterocycles. The predicted octanol–water partition coefficient (Wildman–Crippen LogP) is 4.00. The molecule has 5 heteroatoms. The van der Waals surface area contributed by atoms with E-state index in [-0.39, 0.29) is 11.9 Å². The molecule has 0 heterocycles. The molecule has 0 saturated heterocycles. The van der Waals surface area contributed by atoms with Gasteiger partial charge in [-0.1, -0.05) is 41.7 Å². The largest absolute Gasteiger partial charge is 0.469 e. The van der Waals surface area contributed by atoms with Crippen LogP contribution in [0.25, 0.3) is 0 Å². The lowest BCUT2D eigenvalue weighted by Crippen LogP contribution is -2.15. The summed E-state index contributed by atoms with van der Waals surface area (Å²) < 4.78 is 4.64. The van der Waals surface area contributed by atoms with Crippen LogP contribution in [0, 0.1) is 5.92 Å². The van der Waals surface area contributed by atoms with E-state index in [0.717, 1.165) is 5.56 Å². The predicted molar refractivity (Wildman–Crippen MR) is 66.4 cm³/mol. The van der Waals surface area contributed by atoms with Crippen LogP contribution in [0.4, 0.5) is 0 Å². The number of carbonyl (C=O) groups is 1. The molecule has 1 aromatic rings. The zero-order chi connectivity index (χ0) is 12.3. The van der Waals surface area contributed by atoms with Crippen LogP contribution in [0.5, 0.6) is 0 Å². The average Bonchev–Trinajstić information content (AvgIpc) is 2.24. The summed E-state index contributed by atoms with van der Waals surface area (Å²) in [7, 11) is 1.36. The molecule has 0 spiro atoms. The van der Waals surface area contributed by atoms with E-state index in [2.05, 4.69) is 4.74 Å². The van der Waals surface area contributed by atoms with Gasteiger partial charge in [-0.05, 0) is 24.1 Å². The van der Waals surface area contributed by atoms with E-state index in [1.807, 2.05) is 0 Å². The van der Waals surface area contributed by atoms with Gasteiger partial charge in [-0.2, -0.15) is 0 Å². The Kier molecular flexibility index (Phi) is 4.90. The molecular weight excluding hydrogens is 270 g/mol. The van der Waals surface area contributed by atoms with E-state index >= 15 is 0 Å². The van der Waals surface area contributed by atoms with Crippen molar-refractivity contribution in [1.29, 1.82) is 0 Å². The van der Waals surface area contributed by atoms with Gasteiger partial charge in [0.1, 0.15) is 0 Å². The maximum Gasteiger partial charge on any atom is 0.308 e. The Bertz CT molecular complexity index is 404. The van der Waals surface area contributed by atoms with Crippen molar-refractivity contribution >= 4 is 40.8 Å².